The van der Waals surface area contributed by atoms with E-state index in [1.165, 1.54) is 36.4 Å². The van der Waals surface area contributed by atoms with Gasteiger partial charge in [-0.3, -0.25) is 9.35 Å². The minimum Gasteiger partial charge on any atom is -0.473 e. The van der Waals surface area contributed by atoms with E-state index in [4.69, 9.17) is 4.55 Å². The molecule has 6 N–H and O–H groups in total. The monoisotopic (exact) mass is 471 g/mol. The number of hydrogen-bond donors (Lipinski definition) is 6. The Labute approximate surface area is 176 Å². The lowest BCUT2D eigenvalue weighted by molar-refractivity contribution is -0.454. The number of carbonyl (C=O) groups excluding carboxylic acids is 1. The molecule has 0 saturated heterocycles. The van der Waals surface area contributed by atoms with Crippen molar-refractivity contribution in [1.29, 1.82) is 0 Å². The third-order valence-electron chi connectivity index (χ3n) is 4.02. The largest absolute Gasteiger partial charge is 0.473 e. The number of benzene rings is 2. The van der Waals surface area contributed by atoms with Crippen molar-refractivity contribution in [3.05, 3.63) is 48.5 Å². The van der Waals surface area contributed by atoms with Crippen molar-refractivity contribution in [2.75, 3.05) is 5.01 Å². The Balaban J connectivity index is 1.86. The van der Waals surface area contributed by atoms with Gasteiger partial charge in [-0.05, 0) is 48.5 Å². The van der Waals surface area contributed by atoms with Crippen LogP contribution in [-0.2, 0) is 19.7 Å². The van der Waals surface area contributed by atoms with E-state index in [0.717, 1.165) is 17.1 Å². The van der Waals surface area contributed by atoms with E-state index < -0.39 is 49.5 Å². The minimum atomic E-state index is -4.45. The van der Waals surface area contributed by atoms with E-state index in [1.807, 2.05) is 0 Å². The van der Waals surface area contributed by atoms with Crippen molar-refractivity contribution in [1.82, 2.24) is 0 Å². The van der Waals surface area contributed by atoms with Crippen LogP contribution in [0, 0.1) is 0 Å². The first-order valence-corrected chi connectivity index (χ1v) is 11.1. The van der Waals surface area contributed by atoms with Crippen LogP contribution < -0.4 is 10.1 Å². The number of hydrazone groups is 1. The summed E-state index contributed by atoms with van der Waals surface area (Å²) in [6.07, 6.45) is 0. The van der Waals surface area contributed by atoms with Gasteiger partial charge in [0.2, 0.25) is 6.04 Å². The molecule has 31 heavy (non-hydrogen) atoms. The molecule has 15 heteroatoms. The van der Waals surface area contributed by atoms with Crippen molar-refractivity contribution in [2.45, 2.75) is 15.8 Å². The van der Waals surface area contributed by atoms with Crippen LogP contribution in [0.5, 0.6) is 0 Å². The van der Waals surface area contributed by atoms with E-state index in [0.29, 0.717) is 0 Å². The number of amides is 1. The molecular formula is C16H15N4O9S2+. The fourth-order valence-electron chi connectivity index (χ4n) is 2.53. The highest BCUT2D eigenvalue weighted by Gasteiger charge is 2.47. The van der Waals surface area contributed by atoms with Gasteiger partial charge in [-0.15, -0.1) is 5.10 Å². The van der Waals surface area contributed by atoms with Gasteiger partial charge in [0, 0.05) is 0 Å². The molecule has 164 valence electrons. The molecule has 1 amide bonds. The molecule has 1 aliphatic rings. The van der Waals surface area contributed by atoms with Gasteiger partial charge in [-0.25, -0.2) is 4.79 Å². The maximum absolute atomic E-state index is 12.7. The van der Waals surface area contributed by atoms with Crippen LogP contribution in [0.15, 0.2) is 68.6 Å². The summed E-state index contributed by atoms with van der Waals surface area (Å²) in [5.74, 6) is -2.29. The summed E-state index contributed by atoms with van der Waals surface area (Å²) in [7, 11) is -8.35. The number of nitrogens with one attached hydrogen (secondary N) is 1. The summed E-state index contributed by atoms with van der Waals surface area (Å²) in [5.41, 5.74) is -0.277. The first-order valence-electron chi connectivity index (χ1n) is 8.18. The zero-order valence-electron chi connectivity index (χ0n) is 15.2. The fraction of sp³-hybridized carbons (Fsp3) is 0.0625. The Morgan fingerprint density at radius 3 is 1.97 bits per heavy atom. The summed E-state index contributed by atoms with van der Waals surface area (Å²) in [6, 6.07) is 7.75. The lowest BCUT2D eigenvalue weighted by Gasteiger charge is -2.18. The highest BCUT2D eigenvalue weighted by atomic mass is 32.3. The van der Waals surface area contributed by atoms with Crippen molar-refractivity contribution in [2.24, 2.45) is 10.2 Å². The van der Waals surface area contributed by atoms with Crippen LogP contribution in [0.1, 0.15) is 0 Å². The molecule has 0 aromatic heterocycles. The quantitative estimate of drug-likeness (QED) is 0.256. The molecule has 1 aliphatic heterocycles. The molecule has 0 bridgehead atoms. The SMILES string of the molecule is O=C(O)C1=[NH+]N(c2ccc(S(=O)(=O)O)cc2)C(=O)C1N=Nc1ccc(S(O)(O)O)cc1. The number of carboxylic acids is 1. The maximum Gasteiger partial charge on any atom is 0.401 e. The zero-order chi connectivity index (χ0) is 23.0. The number of carbonyl (C=O) groups is 2. The molecule has 2 aromatic rings. The number of aliphatic carboxylic acids is 1. The first-order chi connectivity index (χ1) is 14.4. The fourth-order valence-corrected chi connectivity index (χ4v) is 3.51. The summed E-state index contributed by atoms with van der Waals surface area (Å²) in [6.45, 7) is 0. The van der Waals surface area contributed by atoms with Gasteiger partial charge in [-0.1, -0.05) is 5.01 Å². The Morgan fingerprint density at radius 2 is 1.48 bits per heavy atom. The maximum atomic E-state index is 12.7. The molecule has 0 fully saturated rings. The average Bonchev–Trinajstić information content (AvgIpc) is 3.02. The highest BCUT2D eigenvalue weighted by Crippen LogP contribution is 2.43. The van der Waals surface area contributed by atoms with Crippen LogP contribution in [0.25, 0.3) is 0 Å². The van der Waals surface area contributed by atoms with Gasteiger partial charge >= 0.3 is 17.6 Å². The van der Waals surface area contributed by atoms with Crippen molar-refractivity contribution < 1.29 is 46.4 Å². The molecule has 0 aliphatic carbocycles. The second-order valence-corrected chi connectivity index (χ2v) is 9.03. The van der Waals surface area contributed by atoms with Crippen molar-refractivity contribution in [3.63, 3.8) is 0 Å². The molecule has 3 rings (SSSR count). The second kappa shape index (κ2) is 8.14. The summed E-state index contributed by atoms with van der Waals surface area (Å²) in [5, 5.41) is 20.1. The summed E-state index contributed by atoms with van der Waals surface area (Å²) in [4.78, 5) is 23.6. The van der Waals surface area contributed by atoms with Crippen LogP contribution in [0.2, 0.25) is 0 Å². The molecule has 1 heterocycles. The molecule has 1 unspecified atom stereocenters. The molecule has 0 spiro atoms. The molecule has 1 atom stereocenters. The Bertz CT molecular complexity index is 1190. The molecular weight excluding hydrogens is 456 g/mol. The molecule has 2 aromatic carbocycles. The third kappa shape index (κ3) is 4.93. The Morgan fingerprint density at radius 1 is 0.935 bits per heavy atom. The van der Waals surface area contributed by atoms with Gasteiger partial charge in [0.1, 0.15) is 16.6 Å². The van der Waals surface area contributed by atoms with E-state index in [9.17, 15) is 36.8 Å². The van der Waals surface area contributed by atoms with Crippen LogP contribution in [-0.4, -0.2) is 55.4 Å². The van der Waals surface area contributed by atoms with E-state index in [2.05, 4.69) is 15.3 Å². The summed E-state index contributed by atoms with van der Waals surface area (Å²) >= 11 is 0. The van der Waals surface area contributed by atoms with Crippen molar-refractivity contribution in [3.8, 4) is 0 Å². The van der Waals surface area contributed by atoms with Gasteiger partial charge in [0.25, 0.3) is 10.1 Å². The molecule has 0 saturated carbocycles. The lowest BCUT2D eigenvalue weighted by Crippen LogP contribution is -2.83. The number of carboxylic acid groups (broad SMARTS) is 1. The number of hydrazine groups is 1. The van der Waals surface area contributed by atoms with Gasteiger partial charge in [-0.2, -0.15) is 18.6 Å². The third-order valence-corrected chi connectivity index (χ3v) is 5.80. The van der Waals surface area contributed by atoms with Crippen LogP contribution in [0.4, 0.5) is 11.4 Å². The predicted molar refractivity (Wildman–Crippen MR) is 106 cm³/mol. The van der Waals surface area contributed by atoms with E-state index >= 15 is 0 Å². The Kier molecular flexibility index (Phi) is 5.90. The predicted octanol–water partition coefficient (Wildman–Crippen LogP) is 0.536. The first kappa shape index (κ1) is 22.5. The van der Waals surface area contributed by atoms with Gasteiger partial charge in [0.05, 0.1) is 15.5 Å². The molecule has 0 radical (unpaired) electrons. The van der Waals surface area contributed by atoms with Crippen molar-refractivity contribution >= 4 is 50.0 Å². The van der Waals surface area contributed by atoms with E-state index in [-0.39, 0.29) is 16.3 Å². The number of rotatable bonds is 6. The van der Waals surface area contributed by atoms with Crippen LogP contribution >= 0.6 is 10.9 Å². The van der Waals surface area contributed by atoms with E-state index in [1.54, 1.807) is 0 Å². The standard InChI is InChI=1S/C16H14N4O9S2/c21-15-13(18-17-9-1-5-11(6-2-9)30(24,25)26)14(16(22)23)19-20(15)10-3-7-12(8-4-10)31(27,28)29/h1-8,13,24-26H,(H,22,23)(H,27,28,29)/p+1. The molecule has 13 nitrogen and oxygen atoms in total. The van der Waals surface area contributed by atoms with Crippen LogP contribution in [0.3, 0.4) is 0 Å². The lowest BCUT2D eigenvalue weighted by atomic mass is 10.2. The minimum absolute atomic E-state index is 0.0892. The topological polar surface area (TPSA) is 211 Å². The average molecular weight is 471 g/mol. The van der Waals surface area contributed by atoms with Gasteiger partial charge < -0.3 is 18.8 Å². The number of nitrogens with zero attached hydrogens (tertiary/aromatic N) is 3. The zero-order valence-corrected chi connectivity index (χ0v) is 16.9. The highest BCUT2D eigenvalue weighted by molar-refractivity contribution is 8.19. The number of azo groups is 1. The summed E-state index contributed by atoms with van der Waals surface area (Å²) < 4.78 is 58.8. The van der Waals surface area contributed by atoms with Gasteiger partial charge in [0.15, 0.2) is 0 Å². The second-order valence-electron chi connectivity index (χ2n) is 6.10. The normalized spacial score (nSPS) is 17.8. The number of hydrogen-bond acceptors (Lipinski definition) is 9. The number of anilines is 1. The Hall–Kier alpha value is -3.21. The smallest absolute Gasteiger partial charge is 0.401 e.